The van der Waals surface area contributed by atoms with Gasteiger partial charge in [0.05, 0.1) is 10.6 Å². The van der Waals surface area contributed by atoms with Crippen molar-refractivity contribution in [2.45, 2.75) is 6.61 Å². The molecule has 0 aromatic heterocycles. The molecule has 0 unspecified atom stereocenters. The standard InChI is InChI=1S/C23H16ClNO2S2/c24-20-12-5-4-8-17(20)15-27-19-11-6-7-16(13-19)14-21-22(26)25(23(28)29-21)18-9-2-1-3-10-18/h1-14H,15H2. The largest absolute Gasteiger partial charge is 0.489 e. The number of para-hydroxylation sites is 1. The second kappa shape index (κ2) is 8.82. The molecule has 0 bridgehead atoms. The lowest BCUT2D eigenvalue weighted by molar-refractivity contribution is -0.113. The van der Waals surface area contributed by atoms with Gasteiger partial charge in [0.1, 0.15) is 12.4 Å². The SMILES string of the molecule is O=C1C(=Cc2cccc(OCc3ccccc3Cl)c2)SC(=S)N1c1ccccc1. The molecule has 6 heteroatoms. The van der Waals surface area contributed by atoms with E-state index in [-0.39, 0.29) is 5.91 Å². The lowest BCUT2D eigenvalue weighted by atomic mass is 10.2. The Balaban J connectivity index is 1.51. The van der Waals surface area contributed by atoms with Crippen LogP contribution in [0.1, 0.15) is 11.1 Å². The number of rotatable bonds is 5. The first kappa shape index (κ1) is 19.7. The number of thioether (sulfide) groups is 1. The molecular weight excluding hydrogens is 422 g/mol. The minimum absolute atomic E-state index is 0.117. The van der Waals surface area contributed by atoms with E-state index in [1.54, 1.807) is 4.90 Å². The van der Waals surface area contributed by atoms with Crippen molar-refractivity contribution in [1.82, 2.24) is 0 Å². The van der Waals surface area contributed by atoms with E-state index in [2.05, 4.69) is 0 Å². The summed E-state index contributed by atoms with van der Waals surface area (Å²) in [7, 11) is 0. The fourth-order valence-corrected chi connectivity index (χ4v) is 4.38. The Morgan fingerprint density at radius 2 is 1.76 bits per heavy atom. The van der Waals surface area contributed by atoms with Crippen LogP contribution < -0.4 is 9.64 Å². The Hall–Kier alpha value is -2.60. The van der Waals surface area contributed by atoms with Crippen LogP contribution in [-0.2, 0) is 11.4 Å². The summed E-state index contributed by atoms with van der Waals surface area (Å²) in [6, 6.07) is 24.6. The Kier molecular flexibility index (Phi) is 6.00. The molecule has 0 spiro atoms. The number of anilines is 1. The lowest BCUT2D eigenvalue weighted by Gasteiger charge is -2.13. The van der Waals surface area contributed by atoms with Gasteiger partial charge in [-0.2, -0.15) is 0 Å². The van der Waals surface area contributed by atoms with Crippen LogP contribution in [0.25, 0.3) is 6.08 Å². The summed E-state index contributed by atoms with van der Waals surface area (Å²) in [5.74, 6) is 0.589. The van der Waals surface area contributed by atoms with Crippen molar-refractivity contribution in [2.75, 3.05) is 4.90 Å². The summed E-state index contributed by atoms with van der Waals surface area (Å²) in [5, 5.41) is 0.674. The van der Waals surface area contributed by atoms with Crippen molar-refractivity contribution >= 4 is 57.6 Å². The molecule has 1 amide bonds. The van der Waals surface area contributed by atoms with E-state index in [4.69, 9.17) is 28.6 Å². The Labute approximate surface area is 183 Å². The van der Waals surface area contributed by atoms with E-state index >= 15 is 0 Å². The van der Waals surface area contributed by atoms with E-state index in [1.807, 2.05) is 84.9 Å². The summed E-state index contributed by atoms with van der Waals surface area (Å²) in [5.41, 5.74) is 2.56. The van der Waals surface area contributed by atoms with Crippen LogP contribution in [0.2, 0.25) is 5.02 Å². The van der Waals surface area contributed by atoms with Gasteiger partial charge in [0.2, 0.25) is 0 Å². The third-order valence-electron chi connectivity index (χ3n) is 4.32. The lowest BCUT2D eigenvalue weighted by Crippen LogP contribution is -2.27. The Morgan fingerprint density at radius 1 is 1.00 bits per heavy atom. The number of halogens is 1. The van der Waals surface area contributed by atoms with Gasteiger partial charge in [-0.3, -0.25) is 9.69 Å². The van der Waals surface area contributed by atoms with Gasteiger partial charge >= 0.3 is 0 Å². The molecule has 0 saturated carbocycles. The number of carbonyl (C=O) groups excluding carboxylic acids is 1. The molecule has 1 saturated heterocycles. The fourth-order valence-electron chi connectivity index (χ4n) is 2.89. The number of carbonyl (C=O) groups is 1. The summed E-state index contributed by atoms with van der Waals surface area (Å²) in [4.78, 5) is 15.0. The average molecular weight is 438 g/mol. The first-order valence-electron chi connectivity index (χ1n) is 8.91. The van der Waals surface area contributed by atoms with Gasteiger partial charge in [-0.25, -0.2) is 0 Å². The maximum Gasteiger partial charge on any atom is 0.270 e. The molecule has 29 heavy (non-hydrogen) atoms. The Bertz CT molecular complexity index is 1100. The third kappa shape index (κ3) is 4.53. The summed E-state index contributed by atoms with van der Waals surface area (Å²) >= 11 is 12.9. The average Bonchev–Trinajstić information content (AvgIpc) is 3.01. The van der Waals surface area contributed by atoms with E-state index in [9.17, 15) is 4.79 Å². The van der Waals surface area contributed by atoms with Crippen LogP contribution in [0.4, 0.5) is 5.69 Å². The molecule has 1 fully saturated rings. The summed E-state index contributed by atoms with van der Waals surface area (Å²) < 4.78 is 6.40. The van der Waals surface area contributed by atoms with Crippen LogP contribution >= 0.6 is 35.6 Å². The molecule has 3 nitrogen and oxygen atoms in total. The molecule has 0 N–H and O–H groups in total. The zero-order valence-electron chi connectivity index (χ0n) is 15.2. The van der Waals surface area contributed by atoms with Gasteiger partial charge in [0.15, 0.2) is 4.32 Å². The topological polar surface area (TPSA) is 29.5 Å². The van der Waals surface area contributed by atoms with Crippen molar-refractivity contribution in [3.8, 4) is 5.75 Å². The van der Waals surface area contributed by atoms with Crippen molar-refractivity contribution in [2.24, 2.45) is 0 Å². The number of benzene rings is 3. The minimum atomic E-state index is -0.117. The number of ether oxygens (including phenoxy) is 1. The molecule has 0 atom stereocenters. The highest BCUT2D eigenvalue weighted by Gasteiger charge is 2.33. The molecule has 3 aromatic carbocycles. The van der Waals surface area contributed by atoms with Gasteiger partial charge in [0.25, 0.3) is 5.91 Å². The van der Waals surface area contributed by atoms with Crippen LogP contribution in [-0.4, -0.2) is 10.2 Å². The summed E-state index contributed by atoms with van der Waals surface area (Å²) in [6.07, 6.45) is 1.84. The van der Waals surface area contributed by atoms with Gasteiger partial charge in [-0.1, -0.05) is 84.1 Å². The zero-order valence-corrected chi connectivity index (χ0v) is 17.6. The van der Waals surface area contributed by atoms with Crippen LogP contribution in [0.15, 0.2) is 83.8 Å². The van der Waals surface area contributed by atoms with Gasteiger partial charge in [0, 0.05) is 10.6 Å². The normalized spacial score (nSPS) is 15.2. The molecule has 1 aliphatic rings. The Morgan fingerprint density at radius 3 is 2.55 bits per heavy atom. The van der Waals surface area contributed by atoms with Crippen molar-refractivity contribution in [3.63, 3.8) is 0 Å². The highest BCUT2D eigenvalue weighted by molar-refractivity contribution is 8.27. The van der Waals surface area contributed by atoms with Crippen molar-refractivity contribution < 1.29 is 9.53 Å². The second-order valence-corrected chi connectivity index (χ2v) is 8.39. The number of hydrogen-bond acceptors (Lipinski definition) is 4. The number of hydrogen-bond donors (Lipinski definition) is 0. The van der Waals surface area contributed by atoms with Gasteiger partial charge < -0.3 is 4.74 Å². The molecule has 1 aliphatic heterocycles. The van der Waals surface area contributed by atoms with Crippen LogP contribution in [0.3, 0.4) is 0 Å². The molecule has 0 aliphatic carbocycles. The molecule has 144 valence electrons. The predicted molar refractivity (Wildman–Crippen MR) is 124 cm³/mol. The van der Waals surface area contributed by atoms with Crippen LogP contribution in [0, 0.1) is 0 Å². The maximum atomic E-state index is 12.9. The van der Waals surface area contributed by atoms with E-state index in [0.717, 1.165) is 16.8 Å². The summed E-state index contributed by atoms with van der Waals surface area (Å²) in [6.45, 7) is 0.374. The predicted octanol–water partition coefficient (Wildman–Crippen LogP) is 6.32. The second-order valence-electron chi connectivity index (χ2n) is 6.31. The molecule has 4 rings (SSSR count). The quantitative estimate of drug-likeness (QED) is 0.345. The van der Waals surface area contributed by atoms with Crippen molar-refractivity contribution in [3.05, 3.63) is 99.9 Å². The van der Waals surface area contributed by atoms with Crippen LogP contribution in [0.5, 0.6) is 5.75 Å². The smallest absolute Gasteiger partial charge is 0.270 e. The molecule has 1 heterocycles. The first-order valence-corrected chi connectivity index (χ1v) is 10.5. The third-order valence-corrected chi connectivity index (χ3v) is 5.99. The monoisotopic (exact) mass is 437 g/mol. The number of thiocarbonyl (C=S) groups is 1. The fraction of sp³-hybridized carbons (Fsp3) is 0.0435. The maximum absolute atomic E-state index is 12.9. The number of amides is 1. The molecule has 0 radical (unpaired) electrons. The highest BCUT2D eigenvalue weighted by atomic mass is 35.5. The molecular formula is C23H16ClNO2S2. The van der Waals surface area contributed by atoms with Gasteiger partial charge in [-0.15, -0.1) is 0 Å². The van der Waals surface area contributed by atoms with E-state index < -0.39 is 0 Å². The first-order chi connectivity index (χ1) is 14.1. The van der Waals surface area contributed by atoms with Gasteiger partial charge in [-0.05, 0) is 42.0 Å². The zero-order chi connectivity index (χ0) is 20.2. The minimum Gasteiger partial charge on any atom is -0.489 e. The van der Waals surface area contributed by atoms with E-state index in [0.29, 0.717) is 26.6 Å². The molecule has 3 aromatic rings. The highest BCUT2D eigenvalue weighted by Crippen LogP contribution is 2.36. The van der Waals surface area contributed by atoms with E-state index in [1.165, 1.54) is 11.8 Å². The number of nitrogens with zero attached hydrogens (tertiary/aromatic N) is 1. The van der Waals surface area contributed by atoms with Crippen molar-refractivity contribution in [1.29, 1.82) is 0 Å².